The molecule has 1 N–H and O–H groups in total. The maximum atomic E-state index is 12.1. The van der Waals surface area contributed by atoms with Gasteiger partial charge in [-0.25, -0.2) is 8.42 Å². The minimum atomic E-state index is -3.43. The van der Waals surface area contributed by atoms with E-state index in [0.29, 0.717) is 46.1 Å². The van der Waals surface area contributed by atoms with Gasteiger partial charge in [-0.15, -0.1) is 0 Å². The Kier molecular flexibility index (Phi) is 5.94. The molecule has 2 heterocycles. The Morgan fingerprint density at radius 2 is 1.81 bits per heavy atom. The van der Waals surface area contributed by atoms with Crippen molar-refractivity contribution >= 4 is 15.9 Å². The first-order valence-electron chi connectivity index (χ1n) is 7.08. The standard InChI is InChI=1S/C12H22N2O6S/c15-9-11-10-20-7-4-14(11)12(16)1-8-21(17,18)13-2-5-19-6-3-13/h11,15H,1-10H2. The van der Waals surface area contributed by atoms with E-state index in [-0.39, 0.29) is 30.7 Å². The molecule has 2 rings (SSSR count). The molecule has 0 aromatic rings. The fourth-order valence-corrected chi connectivity index (χ4v) is 3.84. The van der Waals surface area contributed by atoms with E-state index in [1.54, 1.807) is 0 Å². The van der Waals surface area contributed by atoms with Crippen molar-refractivity contribution in [3.8, 4) is 0 Å². The van der Waals surface area contributed by atoms with Crippen molar-refractivity contribution in [3.05, 3.63) is 0 Å². The molecule has 1 amide bonds. The smallest absolute Gasteiger partial charge is 0.224 e. The third-order valence-corrected chi connectivity index (χ3v) is 5.57. The predicted molar refractivity (Wildman–Crippen MR) is 74.2 cm³/mol. The van der Waals surface area contributed by atoms with Crippen molar-refractivity contribution < 1.29 is 27.8 Å². The van der Waals surface area contributed by atoms with Gasteiger partial charge in [-0.05, 0) is 0 Å². The van der Waals surface area contributed by atoms with Crippen LogP contribution in [-0.4, -0.2) is 93.1 Å². The predicted octanol–water partition coefficient (Wildman–Crippen LogP) is -1.74. The second-order valence-electron chi connectivity index (χ2n) is 5.08. The van der Waals surface area contributed by atoms with Crippen LogP contribution >= 0.6 is 0 Å². The van der Waals surface area contributed by atoms with Gasteiger partial charge in [0.15, 0.2) is 0 Å². The zero-order chi connectivity index (χ0) is 15.3. The topological polar surface area (TPSA) is 96.4 Å². The van der Waals surface area contributed by atoms with Gasteiger partial charge in [-0.3, -0.25) is 4.79 Å². The Morgan fingerprint density at radius 1 is 1.14 bits per heavy atom. The first-order chi connectivity index (χ1) is 10.0. The molecule has 1 atom stereocenters. The highest BCUT2D eigenvalue weighted by Crippen LogP contribution is 2.11. The van der Waals surface area contributed by atoms with Crippen molar-refractivity contribution in [1.29, 1.82) is 0 Å². The fourth-order valence-electron chi connectivity index (χ4n) is 2.45. The molecule has 0 bridgehead atoms. The van der Waals surface area contributed by atoms with E-state index < -0.39 is 10.0 Å². The van der Waals surface area contributed by atoms with Gasteiger partial charge >= 0.3 is 0 Å². The maximum absolute atomic E-state index is 12.1. The molecule has 2 saturated heterocycles. The first kappa shape index (κ1) is 16.6. The van der Waals surface area contributed by atoms with Crippen molar-refractivity contribution in [3.63, 3.8) is 0 Å². The quantitative estimate of drug-likeness (QED) is 0.645. The Hall–Kier alpha value is -0.740. The third-order valence-electron chi connectivity index (χ3n) is 3.70. The minimum absolute atomic E-state index is 0.0732. The van der Waals surface area contributed by atoms with Crippen molar-refractivity contribution in [2.75, 3.05) is 58.4 Å². The summed E-state index contributed by atoms with van der Waals surface area (Å²) in [6, 6.07) is -0.377. The number of aliphatic hydroxyl groups is 1. The van der Waals surface area contributed by atoms with E-state index in [0.717, 1.165) is 0 Å². The summed E-state index contributed by atoms with van der Waals surface area (Å²) in [5.41, 5.74) is 0. The van der Waals surface area contributed by atoms with E-state index in [1.165, 1.54) is 9.21 Å². The number of nitrogens with zero attached hydrogens (tertiary/aromatic N) is 2. The first-order valence-corrected chi connectivity index (χ1v) is 8.69. The molecule has 9 heteroatoms. The number of ether oxygens (including phenoxy) is 2. The van der Waals surface area contributed by atoms with Crippen LogP contribution in [0.5, 0.6) is 0 Å². The molecule has 0 spiro atoms. The lowest BCUT2D eigenvalue weighted by atomic mass is 10.2. The van der Waals surface area contributed by atoms with Crippen LogP contribution in [0.2, 0.25) is 0 Å². The molecule has 2 fully saturated rings. The Balaban J connectivity index is 1.87. The monoisotopic (exact) mass is 322 g/mol. The molecule has 122 valence electrons. The molecule has 1 unspecified atom stereocenters. The van der Waals surface area contributed by atoms with Crippen LogP contribution in [0.25, 0.3) is 0 Å². The van der Waals surface area contributed by atoms with E-state index in [1.807, 2.05) is 0 Å². The summed E-state index contributed by atoms with van der Waals surface area (Å²) in [7, 11) is -3.43. The van der Waals surface area contributed by atoms with Gasteiger partial charge in [0.2, 0.25) is 15.9 Å². The second kappa shape index (κ2) is 7.50. The molecule has 0 aromatic heterocycles. The normalized spacial score (nSPS) is 25.0. The van der Waals surface area contributed by atoms with Crippen LogP contribution in [0.4, 0.5) is 0 Å². The van der Waals surface area contributed by atoms with Crippen LogP contribution < -0.4 is 0 Å². The number of carbonyl (C=O) groups is 1. The number of aliphatic hydroxyl groups excluding tert-OH is 1. The minimum Gasteiger partial charge on any atom is -0.394 e. The van der Waals surface area contributed by atoms with Gasteiger partial charge in [0, 0.05) is 26.1 Å². The number of carbonyl (C=O) groups excluding carboxylic acids is 1. The summed E-state index contributed by atoms with van der Waals surface area (Å²) >= 11 is 0. The zero-order valence-electron chi connectivity index (χ0n) is 11.9. The van der Waals surface area contributed by atoms with E-state index in [9.17, 15) is 18.3 Å². The molecule has 0 aliphatic carbocycles. The van der Waals surface area contributed by atoms with Gasteiger partial charge in [0.05, 0.1) is 44.8 Å². The van der Waals surface area contributed by atoms with Gasteiger partial charge in [0.1, 0.15) is 0 Å². The van der Waals surface area contributed by atoms with Gasteiger partial charge in [0.25, 0.3) is 0 Å². The van der Waals surface area contributed by atoms with Gasteiger partial charge in [-0.1, -0.05) is 0 Å². The number of sulfonamides is 1. The van der Waals surface area contributed by atoms with Crippen LogP contribution in [0.15, 0.2) is 0 Å². The lowest BCUT2D eigenvalue weighted by Crippen LogP contribution is -2.51. The third kappa shape index (κ3) is 4.36. The zero-order valence-corrected chi connectivity index (χ0v) is 12.8. The number of rotatable bonds is 5. The average molecular weight is 322 g/mol. The average Bonchev–Trinajstić information content (AvgIpc) is 2.53. The molecule has 0 saturated carbocycles. The Bertz CT molecular complexity index is 449. The fraction of sp³-hybridized carbons (Fsp3) is 0.917. The molecular formula is C12H22N2O6S. The molecule has 2 aliphatic rings. The lowest BCUT2D eigenvalue weighted by molar-refractivity contribution is -0.141. The molecule has 0 radical (unpaired) electrons. The highest BCUT2D eigenvalue weighted by Gasteiger charge is 2.29. The van der Waals surface area contributed by atoms with E-state index >= 15 is 0 Å². The lowest BCUT2D eigenvalue weighted by Gasteiger charge is -2.34. The number of morpholine rings is 2. The highest BCUT2D eigenvalue weighted by molar-refractivity contribution is 7.89. The Morgan fingerprint density at radius 3 is 2.48 bits per heavy atom. The van der Waals surface area contributed by atoms with Crippen molar-refractivity contribution in [1.82, 2.24) is 9.21 Å². The molecule has 2 aliphatic heterocycles. The SMILES string of the molecule is O=C(CCS(=O)(=O)N1CCOCC1)N1CCOCC1CO. The van der Waals surface area contributed by atoms with Crippen LogP contribution in [-0.2, 0) is 24.3 Å². The van der Waals surface area contributed by atoms with E-state index in [2.05, 4.69) is 0 Å². The summed E-state index contributed by atoms with van der Waals surface area (Å²) in [5, 5.41) is 9.23. The summed E-state index contributed by atoms with van der Waals surface area (Å²) in [6.07, 6.45) is -0.0732. The molecular weight excluding hydrogens is 300 g/mol. The van der Waals surface area contributed by atoms with Crippen LogP contribution in [0.3, 0.4) is 0 Å². The van der Waals surface area contributed by atoms with Crippen LogP contribution in [0, 0.1) is 0 Å². The van der Waals surface area contributed by atoms with E-state index in [4.69, 9.17) is 9.47 Å². The van der Waals surface area contributed by atoms with Gasteiger partial charge in [-0.2, -0.15) is 4.31 Å². The van der Waals surface area contributed by atoms with Crippen molar-refractivity contribution in [2.24, 2.45) is 0 Å². The summed E-state index contributed by atoms with van der Waals surface area (Å²) in [5.74, 6) is -0.462. The van der Waals surface area contributed by atoms with Gasteiger partial charge < -0.3 is 19.5 Å². The number of hydrogen-bond acceptors (Lipinski definition) is 6. The Labute approximate surface area is 124 Å². The molecule has 8 nitrogen and oxygen atoms in total. The summed E-state index contributed by atoms with van der Waals surface area (Å²) < 4.78 is 36.0. The van der Waals surface area contributed by atoms with Crippen molar-refractivity contribution in [2.45, 2.75) is 12.5 Å². The van der Waals surface area contributed by atoms with Crippen LogP contribution in [0.1, 0.15) is 6.42 Å². The summed E-state index contributed by atoms with van der Waals surface area (Å²) in [6.45, 7) is 2.38. The summed E-state index contributed by atoms with van der Waals surface area (Å²) in [4.78, 5) is 13.7. The number of amides is 1. The second-order valence-corrected chi connectivity index (χ2v) is 7.16. The highest BCUT2D eigenvalue weighted by atomic mass is 32.2. The largest absolute Gasteiger partial charge is 0.394 e. The maximum Gasteiger partial charge on any atom is 0.224 e. The molecule has 0 aromatic carbocycles. The number of hydrogen-bond donors (Lipinski definition) is 1. The molecule has 21 heavy (non-hydrogen) atoms.